The summed E-state index contributed by atoms with van der Waals surface area (Å²) >= 11 is 0. The molecule has 2 atom stereocenters. The number of halogens is 1. The van der Waals surface area contributed by atoms with Crippen molar-refractivity contribution in [2.45, 2.75) is 56.0 Å². The number of carbonyl (C=O) groups excluding carboxylic acids is 2. The Morgan fingerprint density at radius 2 is 1.53 bits per heavy atom. The number of benzene rings is 3. The quantitative estimate of drug-likeness (QED) is 0.0523. The number of nitrogens with two attached hydrogens (primary N) is 1. The van der Waals surface area contributed by atoms with Crippen LogP contribution in [-0.4, -0.2) is 63.6 Å². The molecule has 0 aromatic heterocycles. The summed E-state index contributed by atoms with van der Waals surface area (Å²) < 4.78 is 63.4. The van der Waals surface area contributed by atoms with Crippen molar-refractivity contribution in [1.82, 2.24) is 14.9 Å². The van der Waals surface area contributed by atoms with Crippen molar-refractivity contribution in [3.05, 3.63) is 95.8 Å². The number of nitrogens with zero attached hydrogens (tertiary/aromatic N) is 1. The molecule has 0 heterocycles. The van der Waals surface area contributed by atoms with Crippen LogP contribution in [0.5, 0.6) is 0 Å². The minimum Gasteiger partial charge on any atom is -0.790 e. The molecule has 0 aliphatic rings. The Hall–Kier alpha value is -1.85. The van der Waals surface area contributed by atoms with Gasteiger partial charge < -0.3 is 40.0 Å². The monoisotopic (exact) mass is 766 g/mol. The molecule has 3 aromatic rings. The maximum absolute atomic E-state index is 14.3. The summed E-state index contributed by atoms with van der Waals surface area (Å²) in [6.07, 6.45) is -0.222. The van der Waals surface area contributed by atoms with Gasteiger partial charge in [0, 0.05) is 25.0 Å². The Balaban J connectivity index is 0.00000650. The molecule has 51 heavy (non-hydrogen) atoms. The van der Waals surface area contributed by atoms with Gasteiger partial charge in [0.25, 0.3) is 0 Å². The number of carbonyl (C=O) groups is 2. The number of hydrogen-bond donors (Lipinski definition) is 3. The SMILES string of the molecule is COC(=O)N[C@H](C(=O)NCCCC[C@@H](COP(=O)([O-])[O-])N(CC(C)C)S(=O)(=O)c1ccc(N)c(F)c1)C(c1ccccc1)c1ccccc1.[Na+].[Na+]. The van der Waals surface area contributed by atoms with Crippen molar-refractivity contribution in [1.29, 1.82) is 0 Å². The van der Waals surface area contributed by atoms with Gasteiger partial charge in [-0.15, -0.1) is 0 Å². The first-order valence-electron chi connectivity index (χ1n) is 15.6. The number of nitrogens with one attached hydrogen (secondary N) is 2. The third kappa shape index (κ3) is 14.8. The van der Waals surface area contributed by atoms with Crippen LogP contribution in [-0.2, 0) is 28.6 Å². The average molecular weight is 767 g/mol. The van der Waals surface area contributed by atoms with E-state index in [0.717, 1.165) is 33.6 Å². The van der Waals surface area contributed by atoms with Gasteiger partial charge in [-0.25, -0.2) is 17.6 Å². The second kappa shape index (κ2) is 22.4. The number of ether oxygens (including phenoxy) is 1. The Morgan fingerprint density at radius 1 is 0.961 bits per heavy atom. The zero-order valence-corrected chi connectivity index (χ0v) is 35.2. The number of methoxy groups -OCH3 is 1. The molecule has 0 aliphatic carbocycles. The largest absolute Gasteiger partial charge is 1.00 e. The van der Waals surface area contributed by atoms with Crippen LogP contribution in [0.4, 0.5) is 14.9 Å². The second-order valence-corrected chi connectivity index (χ2v) is 14.8. The van der Waals surface area contributed by atoms with Crippen LogP contribution in [0, 0.1) is 11.7 Å². The third-order valence-electron chi connectivity index (χ3n) is 7.61. The number of phosphoric acid groups is 1. The Labute approximate surface area is 343 Å². The maximum atomic E-state index is 14.3. The van der Waals surface area contributed by atoms with Gasteiger partial charge in [-0.2, -0.15) is 4.31 Å². The molecule has 0 radical (unpaired) electrons. The van der Waals surface area contributed by atoms with E-state index in [0.29, 0.717) is 6.42 Å². The standard InChI is InChI=1S/C33H44FN4O9PS.2Na/c1-23(2)21-38(49(44,45)27-17-18-29(35)28(34)20-27)26(22-47-48(41,42)43)16-10-11-19-36-32(39)31(37-33(40)46-3)30(24-12-6-4-7-13-24)25-14-8-5-9-15-25;;/h4-9,12-15,17-18,20,23,26,30-31H,10-11,16,19,21-22,35H2,1-3H3,(H,36,39)(H,37,40)(H2,41,42,43);;/q;2*+1/p-2/t26-,31-;;/m0../s1. The van der Waals surface area contributed by atoms with Gasteiger partial charge in [0.1, 0.15) is 11.9 Å². The molecule has 0 aliphatic heterocycles. The van der Waals surface area contributed by atoms with Gasteiger partial charge in [-0.05, 0) is 48.1 Å². The van der Waals surface area contributed by atoms with Crippen molar-refractivity contribution < 1.29 is 105 Å². The van der Waals surface area contributed by atoms with E-state index in [1.807, 2.05) is 60.7 Å². The number of sulfonamides is 1. The predicted octanol–water partition coefficient (Wildman–Crippen LogP) is -2.88. The van der Waals surface area contributed by atoms with Crippen molar-refractivity contribution in [3.63, 3.8) is 0 Å². The number of unbranched alkanes of at least 4 members (excludes halogenated alkanes) is 1. The predicted molar refractivity (Wildman–Crippen MR) is 178 cm³/mol. The Morgan fingerprint density at radius 3 is 2.02 bits per heavy atom. The van der Waals surface area contributed by atoms with Crippen LogP contribution in [0.3, 0.4) is 0 Å². The van der Waals surface area contributed by atoms with E-state index >= 15 is 0 Å². The van der Waals surface area contributed by atoms with Gasteiger partial charge in [0.2, 0.25) is 15.9 Å². The fourth-order valence-electron chi connectivity index (χ4n) is 5.31. The topological polar surface area (TPSA) is 203 Å². The number of phosphoric ester groups is 1. The van der Waals surface area contributed by atoms with E-state index in [2.05, 4.69) is 15.2 Å². The van der Waals surface area contributed by atoms with E-state index < -0.39 is 65.2 Å². The van der Waals surface area contributed by atoms with E-state index in [9.17, 15) is 36.7 Å². The van der Waals surface area contributed by atoms with Crippen molar-refractivity contribution in [3.8, 4) is 0 Å². The number of anilines is 1. The fraction of sp³-hybridized carbons (Fsp3) is 0.394. The summed E-state index contributed by atoms with van der Waals surface area (Å²) in [5, 5.41) is 5.46. The van der Waals surface area contributed by atoms with Gasteiger partial charge in [0.15, 0.2) is 0 Å². The molecule has 0 unspecified atom stereocenters. The van der Waals surface area contributed by atoms with Crippen LogP contribution in [0.2, 0.25) is 0 Å². The smallest absolute Gasteiger partial charge is 0.790 e. The third-order valence-corrected chi connectivity index (χ3v) is 9.99. The summed E-state index contributed by atoms with van der Waals surface area (Å²) in [6.45, 7) is 2.72. The molecule has 0 spiro atoms. The van der Waals surface area contributed by atoms with Crippen LogP contribution in [0.15, 0.2) is 83.8 Å². The van der Waals surface area contributed by atoms with Crippen molar-refractivity contribution in [2.24, 2.45) is 5.92 Å². The summed E-state index contributed by atoms with van der Waals surface area (Å²) in [6, 6.07) is 19.2. The molecule has 3 aromatic carbocycles. The molecule has 13 nitrogen and oxygen atoms in total. The molecular formula is C33H42FN4Na2O9PS. The summed E-state index contributed by atoms with van der Waals surface area (Å²) in [5.74, 6) is -2.27. The number of amides is 2. The molecule has 2 amide bonds. The van der Waals surface area contributed by atoms with Gasteiger partial charge in [-0.3, -0.25) is 4.79 Å². The van der Waals surface area contributed by atoms with Gasteiger partial charge >= 0.3 is 65.2 Å². The molecule has 268 valence electrons. The van der Waals surface area contributed by atoms with Crippen LogP contribution >= 0.6 is 7.82 Å². The van der Waals surface area contributed by atoms with E-state index in [-0.39, 0.29) is 96.7 Å². The zero-order chi connectivity index (χ0) is 36.2. The first-order chi connectivity index (χ1) is 23.1. The van der Waals surface area contributed by atoms with E-state index in [1.165, 1.54) is 7.11 Å². The maximum Gasteiger partial charge on any atom is 1.00 e. The minimum atomic E-state index is -5.48. The molecule has 0 fully saturated rings. The number of alkyl carbamates (subject to hydrolysis) is 1. The van der Waals surface area contributed by atoms with Crippen LogP contribution in [0.1, 0.15) is 50.2 Å². The number of hydrogen-bond acceptors (Lipinski definition) is 10. The zero-order valence-electron chi connectivity index (χ0n) is 29.5. The molecule has 0 saturated carbocycles. The van der Waals surface area contributed by atoms with Crippen LogP contribution in [0.25, 0.3) is 0 Å². The summed E-state index contributed by atoms with van der Waals surface area (Å²) in [4.78, 5) is 48.4. The number of rotatable bonds is 18. The molecule has 0 saturated heterocycles. The summed E-state index contributed by atoms with van der Waals surface area (Å²) in [7, 11) is -8.69. The molecule has 4 N–H and O–H groups in total. The fourth-order valence-corrected chi connectivity index (χ4v) is 7.48. The first kappa shape index (κ1) is 47.2. The van der Waals surface area contributed by atoms with Gasteiger partial charge in [-0.1, -0.05) is 80.9 Å². The molecule has 3 rings (SSSR count). The molecule has 18 heteroatoms. The van der Waals surface area contributed by atoms with Crippen LogP contribution < -0.4 is 85.3 Å². The second-order valence-electron chi connectivity index (χ2n) is 11.7. The minimum absolute atomic E-state index is 0. The number of nitrogen functional groups attached to an aromatic ring is 1. The molecule has 0 bridgehead atoms. The van der Waals surface area contributed by atoms with Crippen molar-refractivity contribution >= 4 is 35.5 Å². The normalized spacial score (nSPS) is 12.8. The molecular weight excluding hydrogens is 724 g/mol. The first-order valence-corrected chi connectivity index (χ1v) is 18.5. The van der Waals surface area contributed by atoms with E-state index in [4.69, 9.17) is 10.5 Å². The Kier molecular flexibility index (Phi) is 20.7. The average Bonchev–Trinajstić information content (AvgIpc) is 3.06. The van der Waals surface area contributed by atoms with Crippen molar-refractivity contribution in [2.75, 3.05) is 32.5 Å². The Bertz CT molecular complexity index is 1650. The van der Waals surface area contributed by atoms with Gasteiger partial charge in [0.05, 0.1) is 32.1 Å². The van der Waals surface area contributed by atoms with E-state index in [1.54, 1.807) is 13.8 Å². The summed E-state index contributed by atoms with van der Waals surface area (Å²) in [5.41, 5.74) is 6.82.